The van der Waals surface area contributed by atoms with Crippen LogP contribution in [0.25, 0.3) is 0 Å². The maximum absolute atomic E-state index is 11.8. The number of likely N-dealkylation sites (tertiary alicyclic amines) is 1. The van der Waals surface area contributed by atoms with Gasteiger partial charge in [0.2, 0.25) is 5.91 Å². The minimum Gasteiger partial charge on any atom is -0.341 e. The van der Waals surface area contributed by atoms with E-state index in [2.05, 4.69) is 13.8 Å². The third-order valence-electron chi connectivity index (χ3n) is 2.52. The van der Waals surface area contributed by atoms with Crippen LogP contribution < -0.4 is 5.73 Å². The van der Waals surface area contributed by atoms with Gasteiger partial charge in [-0.2, -0.15) is 0 Å². The van der Waals surface area contributed by atoms with E-state index in [0.29, 0.717) is 0 Å². The second-order valence-electron chi connectivity index (χ2n) is 5.36. The molecule has 1 saturated heterocycles. The molecule has 1 aliphatic rings. The van der Waals surface area contributed by atoms with Crippen LogP contribution in [0, 0.1) is 5.41 Å². The Kier molecular flexibility index (Phi) is 2.41. The highest BCUT2D eigenvalue weighted by atomic mass is 16.2. The highest BCUT2D eigenvalue weighted by molar-refractivity contribution is 5.85. The molecule has 76 valence electrons. The van der Waals surface area contributed by atoms with Crippen LogP contribution >= 0.6 is 0 Å². The van der Waals surface area contributed by atoms with Crippen molar-refractivity contribution in [1.82, 2.24) is 4.90 Å². The van der Waals surface area contributed by atoms with Gasteiger partial charge in [0.15, 0.2) is 0 Å². The molecule has 0 aromatic rings. The lowest BCUT2D eigenvalue weighted by Crippen LogP contribution is -2.50. The number of nitrogens with zero attached hydrogens (tertiary/aromatic N) is 1. The second kappa shape index (κ2) is 2.98. The Balaban J connectivity index is 2.62. The summed E-state index contributed by atoms with van der Waals surface area (Å²) in [6.45, 7) is 9.59. The molecule has 3 nitrogen and oxygen atoms in total. The third kappa shape index (κ3) is 2.44. The quantitative estimate of drug-likeness (QED) is 0.660. The van der Waals surface area contributed by atoms with Crippen molar-refractivity contribution >= 4 is 5.91 Å². The van der Waals surface area contributed by atoms with Crippen LogP contribution in [0.2, 0.25) is 0 Å². The molecule has 0 aromatic heterocycles. The number of amides is 1. The van der Waals surface area contributed by atoms with Gasteiger partial charge in [0.1, 0.15) is 0 Å². The standard InChI is InChI=1S/C10H20N2O/c1-9(2)5-6-12(7-9)8(13)10(3,4)11/h5-7,11H2,1-4H3. The van der Waals surface area contributed by atoms with Gasteiger partial charge in [-0.05, 0) is 25.7 Å². The summed E-state index contributed by atoms with van der Waals surface area (Å²) in [4.78, 5) is 13.6. The number of hydrogen-bond donors (Lipinski definition) is 1. The van der Waals surface area contributed by atoms with Gasteiger partial charge < -0.3 is 10.6 Å². The zero-order valence-corrected chi connectivity index (χ0v) is 9.05. The number of carbonyl (C=O) groups excluding carboxylic acids is 1. The Morgan fingerprint density at radius 3 is 2.31 bits per heavy atom. The fraction of sp³-hybridized carbons (Fsp3) is 0.900. The van der Waals surface area contributed by atoms with Crippen molar-refractivity contribution in [3.05, 3.63) is 0 Å². The molecule has 0 atom stereocenters. The van der Waals surface area contributed by atoms with E-state index in [1.54, 1.807) is 13.8 Å². The average molecular weight is 184 g/mol. The van der Waals surface area contributed by atoms with Gasteiger partial charge >= 0.3 is 0 Å². The van der Waals surface area contributed by atoms with Crippen molar-refractivity contribution in [1.29, 1.82) is 0 Å². The van der Waals surface area contributed by atoms with Gasteiger partial charge in [-0.15, -0.1) is 0 Å². The SMILES string of the molecule is CC1(C)CCN(C(=O)C(C)(C)N)C1. The first kappa shape index (κ1) is 10.5. The maximum Gasteiger partial charge on any atom is 0.242 e. The zero-order chi connectivity index (χ0) is 10.3. The highest BCUT2D eigenvalue weighted by Gasteiger charge is 2.36. The largest absolute Gasteiger partial charge is 0.341 e. The van der Waals surface area contributed by atoms with Crippen LogP contribution in [0.3, 0.4) is 0 Å². The van der Waals surface area contributed by atoms with Gasteiger partial charge in [-0.3, -0.25) is 4.79 Å². The van der Waals surface area contributed by atoms with Crippen molar-refractivity contribution in [2.24, 2.45) is 11.1 Å². The summed E-state index contributed by atoms with van der Waals surface area (Å²) in [5.74, 6) is 0.0677. The lowest BCUT2D eigenvalue weighted by atomic mass is 9.93. The number of hydrogen-bond acceptors (Lipinski definition) is 2. The predicted octanol–water partition coefficient (Wildman–Crippen LogP) is 0.982. The van der Waals surface area contributed by atoms with Crippen LogP contribution in [-0.4, -0.2) is 29.4 Å². The van der Waals surface area contributed by atoms with Crippen molar-refractivity contribution < 1.29 is 4.79 Å². The van der Waals surface area contributed by atoms with E-state index < -0.39 is 5.54 Å². The summed E-state index contributed by atoms with van der Waals surface area (Å²) >= 11 is 0. The molecule has 0 aliphatic carbocycles. The summed E-state index contributed by atoms with van der Waals surface area (Å²) in [5.41, 5.74) is 5.30. The molecule has 0 saturated carbocycles. The molecule has 13 heavy (non-hydrogen) atoms. The number of rotatable bonds is 1. The van der Waals surface area contributed by atoms with Gasteiger partial charge in [-0.25, -0.2) is 0 Å². The molecule has 2 N–H and O–H groups in total. The van der Waals surface area contributed by atoms with Gasteiger partial charge in [0.05, 0.1) is 5.54 Å². The molecular weight excluding hydrogens is 164 g/mol. The average Bonchev–Trinajstić information content (AvgIpc) is 2.26. The minimum absolute atomic E-state index is 0.0677. The van der Waals surface area contributed by atoms with Gasteiger partial charge in [0, 0.05) is 13.1 Å². The molecule has 0 bridgehead atoms. The summed E-state index contributed by atoms with van der Waals surface area (Å²) in [5, 5.41) is 0. The highest BCUT2D eigenvalue weighted by Crippen LogP contribution is 2.29. The van der Waals surface area contributed by atoms with Crippen molar-refractivity contribution in [3.63, 3.8) is 0 Å². The first-order valence-corrected chi connectivity index (χ1v) is 4.81. The van der Waals surface area contributed by atoms with E-state index in [9.17, 15) is 4.79 Å². The van der Waals surface area contributed by atoms with Crippen LogP contribution in [0.4, 0.5) is 0 Å². The number of carbonyl (C=O) groups is 1. The Labute approximate surface area is 80.3 Å². The van der Waals surface area contributed by atoms with Crippen molar-refractivity contribution in [3.8, 4) is 0 Å². The molecular formula is C10H20N2O. The monoisotopic (exact) mass is 184 g/mol. The Hall–Kier alpha value is -0.570. The first-order chi connectivity index (χ1) is 5.72. The zero-order valence-electron chi connectivity index (χ0n) is 9.05. The topological polar surface area (TPSA) is 46.3 Å². The van der Waals surface area contributed by atoms with Crippen molar-refractivity contribution in [2.45, 2.75) is 39.7 Å². The lowest BCUT2D eigenvalue weighted by molar-refractivity contribution is -0.135. The molecule has 0 unspecified atom stereocenters. The van der Waals surface area contributed by atoms with Crippen LogP contribution in [-0.2, 0) is 4.79 Å². The van der Waals surface area contributed by atoms with E-state index in [1.165, 1.54) is 0 Å². The number of nitrogens with two attached hydrogens (primary N) is 1. The van der Waals surface area contributed by atoms with E-state index in [0.717, 1.165) is 19.5 Å². The minimum atomic E-state index is -0.722. The fourth-order valence-electron chi connectivity index (χ4n) is 1.69. The fourth-order valence-corrected chi connectivity index (χ4v) is 1.69. The van der Waals surface area contributed by atoms with E-state index in [1.807, 2.05) is 4.90 Å². The molecule has 0 aromatic carbocycles. The van der Waals surface area contributed by atoms with Crippen molar-refractivity contribution in [2.75, 3.05) is 13.1 Å². The molecule has 0 spiro atoms. The summed E-state index contributed by atoms with van der Waals surface area (Å²) < 4.78 is 0. The molecule has 1 aliphatic heterocycles. The maximum atomic E-state index is 11.8. The Bertz CT molecular complexity index is 215. The normalized spacial score (nSPS) is 22.1. The van der Waals surface area contributed by atoms with Gasteiger partial charge in [-0.1, -0.05) is 13.8 Å². The Morgan fingerprint density at radius 1 is 1.46 bits per heavy atom. The summed E-state index contributed by atoms with van der Waals surface area (Å²) in [6, 6.07) is 0. The van der Waals surface area contributed by atoms with Crippen LogP contribution in [0.15, 0.2) is 0 Å². The molecule has 3 heteroatoms. The molecule has 0 radical (unpaired) electrons. The second-order valence-corrected chi connectivity index (χ2v) is 5.36. The van der Waals surface area contributed by atoms with E-state index in [4.69, 9.17) is 5.73 Å². The van der Waals surface area contributed by atoms with Crippen LogP contribution in [0.5, 0.6) is 0 Å². The van der Waals surface area contributed by atoms with Crippen LogP contribution in [0.1, 0.15) is 34.1 Å². The Morgan fingerprint density at radius 2 is 2.00 bits per heavy atom. The smallest absolute Gasteiger partial charge is 0.242 e. The first-order valence-electron chi connectivity index (χ1n) is 4.81. The molecule has 1 heterocycles. The lowest BCUT2D eigenvalue weighted by Gasteiger charge is -2.26. The third-order valence-corrected chi connectivity index (χ3v) is 2.52. The van der Waals surface area contributed by atoms with Gasteiger partial charge in [0.25, 0.3) is 0 Å². The van der Waals surface area contributed by atoms with E-state index >= 15 is 0 Å². The molecule has 1 amide bonds. The molecule has 1 fully saturated rings. The summed E-state index contributed by atoms with van der Waals surface area (Å²) in [6.07, 6.45) is 1.08. The molecule has 1 rings (SSSR count). The van der Waals surface area contributed by atoms with E-state index in [-0.39, 0.29) is 11.3 Å². The predicted molar refractivity (Wildman–Crippen MR) is 53.2 cm³/mol. The summed E-state index contributed by atoms with van der Waals surface area (Å²) in [7, 11) is 0.